The molecule has 2 heteroatoms. The van der Waals surface area contributed by atoms with Crippen LogP contribution in [0.4, 0.5) is 0 Å². The zero-order valence-corrected chi connectivity index (χ0v) is 11.7. The van der Waals surface area contributed by atoms with Crippen molar-refractivity contribution in [1.29, 1.82) is 0 Å². The molecule has 0 bridgehead atoms. The van der Waals surface area contributed by atoms with E-state index in [1.807, 2.05) is 0 Å². The summed E-state index contributed by atoms with van der Waals surface area (Å²) in [5.41, 5.74) is 2.68. The Morgan fingerprint density at radius 3 is 2.29 bits per heavy atom. The second-order valence-electron chi connectivity index (χ2n) is 5.85. The van der Waals surface area contributed by atoms with Gasteiger partial charge in [0.15, 0.2) is 0 Å². The van der Waals surface area contributed by atoms with E-state index in [0.29, 0.717) is 6.04 Å². The van der Waals surface area contributed by atoms with Gasteiger partial charge in [-0.3, -0.25) is 4.68 Å². The molecule has 2 unspecified atom stereocenters. The summed E-state index contributed by atoms with van der Waals surface area (Å²) in [6.07, 6.45) is 6.16. The van der Waals surface area contributed by atoms with Gasteiger partial charge >= 0.3 is 0 Å². The lowest BCUT2D eigenvalue weighted by molar-refractivity contribution is 0.206. The molecule has 0 N–H and O–H groups in total. The van der Waals surface area contributed by atoms with Gasteiger partial charge in [-0.25, -0.2) is 0 Å². The van der Waals surface area contributed by atoms with Crippen molar-refractivity contribution in [1.82, 2.24) is 9.78 Å². The van der Waals surface area contributed by atoms with Crippen molar-refractivity contribution in [2.24, 2.45) is 11.8 Å². The fourth-order valence-electron chi connectivity index (χ4n) is 3.35. The van der Waals surface area contributed by atoms with E-state index in [1.165, 1.54) is 30.7 Å². The van der Waals surface area contributed by atoms with E-state index in [4.69, 9.17) is 5.10 Å². The highest BCUT2D eigenvalue weighted by molar-refractivity contribution is 5.11. The summed E-state index contributed by atoms with van der Waals surface area (Å²) in [4.78, 5) is 0. The summed E-state index contributed by atoms with van der Waals surface area (Å²) in [6, 6.07) is 2.94. The highest BCUT2D eigenvalue weighted by atomic mass is 15.3. The number of hydrogen-bond acceptors (Lipinski definition) is 1. The third-order valence-corrected chi connectivity index (χ3v) is 4.09. The molecule has 2 nitrogen and oxygen atoms in total. The molecule has 1 heterocycles. The van der Waals surface area contributed by atoms with Crippen LogP contribution >= 0.6 is 0 Å². The van der Waals surface area contributed by atoms with Gasteiger partial charge in [0.1, 0.15) is 0 Å². The van der Waals surface area contributed by atoms with E-state index in [0.717, 1.165) is 24.7 Å². The number of aromatic nitrogens is 2. The van der Waals surface area contributed by atoms with Crippen LogP contribution in [0.1, 0.15) is 64.4 Å². The van der Waals surface area contributed by atoms with Crippen LogP contribution in [0.5, 0.6) is 0 Å². The average Bonchev–Trinajstić information content (AvgIpc) is 2.70. The number of hydrogen-bond donors (Lipinski definition) is 0. The maximum absolute atomic E-state index is 4.81. The Morgan fingerprint density at radius 2 is 1.76 bits per heavy atom. The number of nitrogens with zero attached hydrogens (tertiary/aromatic N) is 2. The highest BCUT2D eigenvalue weighted by Crippen LogP contribution is 2.36. The van der Waals surface area contributed by atoms with Crippen molar-refractivity contribution in [2.75, 3.05) is 0 Å². The van der Waals surface area contributed by atoms with Crippen LogP contribution in [0.3, 0.4) is 0 Å². The summed E-state index contributed by atoms with van der Waals surface area (Å²) in [7, 11) is 0. The maximum Gasteiger partial charge on any atom is 0.0624 e. The summed E-state index contributed by atoms with van der Waals surface area (Å²) < 4.78 is 2.34. The Balaban J connectivity index is 2.22. The Morgan fingerprint density at radius 1 is 1.12 bits per heavy atom. The standard InChI is InChI=1S/C15H26N2/c1-5-13-10-14(6-2)17(16-13)15-8-11(3)7-12(4)9-15/h10-12,15H,5-9H2,1-4H3. The second-order valence-corrected chi connectivity index (χ2v) is 5.85. The van der Waals surface area contributed by atoms with Crippen molar-refractivity contribution >= 4 is 0 Å². The molecule has 0 radical (unpaired) electrons. The molecule has 0 aliphatic heterocycles. The summed E-state index contributed by atoms with van der Waals surface area (Å²) >= 11 is 0. The molecule has 0 saturated heterocycles. The predicted molar refractivity (Wildman–Crippen MR) is 72.2 cm³/mol. The minimum absolute atomic E-state index is 0.643. The average molecular weight is 234 g/mol. The fourth-order valence-corrected chi connectivity index (χ4v) is 3.35. The van der Waals surface area contributed by atoms with Crippen molar-refractivity contribution < 1.29 is 0 Å². The number of rotatable bonds is 3. The van der Waals surface area contributed by atoms with Crippen molar-refractivity contribution in [3.63, 3.8) is 0 Å². The van der Waals surface area contributed by atoms with Gasteiger partial charge in [-0.2, -0.15) is 5.10 Å². The van der Waals surface area contributed by atoms with Crippen molar-refractivity contribution in [2.45, 2.75) is 65.8 Å². The predicted octanol–water partition coefficient (Wildman–Crippen LogP) is 4.01. The van der Waals surface area contributed by atoms with E-state index in [2.05, 4.69) is 38.4 Å². The third kappa shape index (κ3) is 2.72. The van der Waals surface area contributed by atoms with E-state index in [-0.39, 0.29) is 0 Å². The largest absolute Gasteiger partial charge is 0.266 e. The van der Waals surface area contributed by atoms with Crippen LogP contribution in [0, 0.1) is 11.8 Å². The van der Waals surface area contributed by atoms with Crippen LogP contribution in [0.25, 0.3) is 0 Å². The van der Waals surface area contributed by atoms with Gasteiger partial charge in [0.2, 0.25) is 0 Å². The Hall–Kier alpha value is -0.790. The smallest absolute Gasteiger partial charge is 0.0624 e. The van der Waals surface area contributed by atoms with Gasteiger partial charge in [-0.05, 0) is 50.0 Å². The number of aryl methyl sites for hydroxylation is 2. The molecule has 1 saturated carbocycles. The SMILES string of the molecule is CCc1cc(CC)n(C2CC(C)CC(C)C2)n1. The first kappa shape index (κ1) is 12.7. The van der Waals surface area contributed by atoms with Gasteiger partial charge in [0.25, 0.3) is 0 Å². The normalized spacial score (nSPS) is 29.5. The Kier molecular flexibility index (Phi) is 3.90. The Bertz CT molecular complexity index is 357. The Labute approximate surface area is 105 Å². The van der Waals surface area contributed by atoms with Crippen LogP contribution < -0.4 is 0 Å². The maximum atomic E-state index is 4.81. The van der Waals surface area contributed by atoms with Gasteiger partial charge in [0.05, 0.1) is 11.7 Å². The molecule has 1 aromatic rings. The fraction of sp³-hybridized carbons (Fsp3) is 0.800. The highest BCUT2D eigenvalue weighted by Gasteiger charge is 2.26. The van der Waals surface area contributed by atoms with E-state index >= 15 is 0 Å². The summed E-state index contributed by atoms with van der Waals surface area (Å²) in [5, 5.41) is 4.81. The van der Waals surface area contributed by atoms with Crippen molar-refractivity contribution in [3.05, 3.63) is 17.5 Å². The molecule has 0 amide bonds. The van der Waals surface area contributed by atoms with Crippen LogP contribution in [-0.4, -0.2) is 9.78 Å². The molecule has 1 aliphatic rings. The van der Waals surface area contributed by atoms with E-state index in [1.54, 1.807) is 0 Å². The molecule has 2 atom stereocenters. The zero-order valence-electron chi connectivity index (χ0n) is 11.7. The van der Waals surface area contributed by atoms with Crippen molar-refractivity contribution in [3.8, 4) is 0 Å². The molecule has 17 heavy (non-hydrogen) atoms. The summed E-state index contributed by atoms with van der Waals surface area (Å²) in [5.74, 6) is 1.70. The third-order valence-electron chi connectivity index (χ3n) is 4.09. The molecule has 0 aromatic carbocycles. The van der Waals surface area contributed by atoms with E-state index in [9.17, 15) is 0 Å². The molecular formula is C15H26N2. The van der Waals surface area contributed by atoms with Crippen LogP contribution in [-0.2, 0) is 12.8 Å². The van der Waals surface area contributed by atoms with Crippen LogP contribution in [0.15, 0.2) is 6.07 Å². The molecular weight excluding hydrogens is 208 g/mol. The molecule has 1 aliphatic carbocycles. The molecule has 1 aromatic heterocycles. The minimum Gasteiger partial charge on any atom is -0.266 e. The first-order valence-corrected chi connectivity index (χ1v) is 7.21. The summed E-state index contributed by atoms with van der Waals surface area (Å²) in [6.45, 7) is 9.21. The van der Waals surface area contributed by atoms with Gasteiger partial charge in [0, 0.05) is 5.69 Å². The van der Waals surface area contributed by atoms with E-state index < -0.39 is 0 Å². The lowest BCUT2D eigenvalue weighted by Crippen LogP contribution is -2.24. The zero-order chi connectivity index (χ0) is 12.4. The quantitative estimate of drug-likeness (QED) is 0.773. The van der Waals surface area contributed by atoms with Gasteiger partial charge in [-0.1, -0.05) is 27.7 Å². The topological polar surface area (TPSA) is 17.8 Å². The monoisotopic (exact) mass is 234 g/mol. The lowest BCUT2D eigenvalue weighted by atomic mass is 9.80. The second kappa shape index (κ2) is 5.24. The minimum atomic E-state index is 0.643. The molecule has 1 fully saturated rings. The molecule has 0 spiro atoms. The van der Waals surface area contributed by atoms with Gasteiger partial charge < -0.3 is 0 Å². The van der Waals surface area contributed by atoms with Gasteiger partial charge in [-0.15, -0.1) is 0 Å². The first-order chi connectivity index (χ1) is 8.13. The molecule has 2 rings (SSSR count). The molecule has 96 valence electrons. The first-order valence-electron chi connectivity index (χ1n) is 7.21. The lowest BCUT2D eigenvalue weighted by Gasteiger charge is -2.32. The van der Waals surface area contributed by atoms with Crippen LogP contribution in [0.2, 0.25) is 0 Å².